The number of hydrogen-bond donors (Lipinski definition) is 1. The number of nitriles is 1. The van der Waals surface area contributed by atoms with Gasteiger partial charge in [-0.05, 0) is 18.2 Å². The van der Waals surface area contributed by atoms with E-state index in [1.807, 2.05) is 5.32 Å². The van der Waals surface area contributed by atoms with Gasteiger partial charge in [0.15, 0.2) is 6.19 Å². The molecule has 0 saturated heterocycles. The predicted molar refractivity (Wildman–Crippen MR) is 38.4 cm³/mol. The van der Waals surface area contributed by atoms with Crippen LogP contribution in [-0.4, -0.2) is 5.91 Å². The zero-order valence-electron chi connectivity index (χ0n) is 5.66. The maximum absolute atomic E-state index is 10.9. The van der Waals surface area contributed by atoms with Crippen molar-refractivity contribution < 1.29 is 4.79 Å². The summed E-state index contributed by atoms with van der Waals surface area (Å²) in [5, 5.41) is 10.1. The second kappa shape index (κ2) is 3.37. The Morgan fingerprint density at radius 2 is 2.18 bits per heavy atom. The molecule has 53 valence electrons. The fourth-order valence-electron chi connectivity index (χ4n) is 0.661. The zero-order chi connectivity index (χ0) is 8.10. The average Bonchev–Trinajstić information content (AvgIpc) is 2.07. The van der Waals surface area contributed by atoms with Crippen molar-refractivity contribution in [2.24, 2.45) is 0 Å². The molecule has 0 fully saturated rings. The molecule has 0 saturated carbocycles. The van der Waals surface area contributed by atoms with E-state index in [4.69, 9.17) is 5.26 Å². The van der Waals surface area contributed by atoms with Gasteiger partial charge in [0.25, 0.3) is 5.91 Å². The highest BCUT2D eigenvalue weighted by Gasteiger charge is 2.00. The molecule has 1 aromatic carbocycles. The summed E-state index contributed by atoms with van der Waals surface area (Å²) in [6, 6.07) is 9.18. The topological polar surface area (TPSA) is 52.9 Å². The molecule has 0 heterocycles. The van der Waals surface area contributed by atoms with Crippen molar-refractivity contribution in [1.29, 1.82) is 5.26 Å². The second-order valence-corrected chi connectivity index (χ2v) is 1.85. The molecule has 0 atom stereocenters. The number of amides is 1. The van der Waals surface area contributed by atoms with Gasteiger partial charge in [-0.25, -0.2) is 0 Å². The lowest BCUT2D eigenvalue weighted by Crippen LogP contribution is -2.16. The van der Waals surface area contributed by atoms with Crippen LogP contribution in [0.3, 0.4) is 0 Å². The van der Waals surface area contributed by atoms with E-state index in [-0.39, 0.29) is 5.91 Å². The maximum Gasteiger partial charge on any atom is 0.264 e. The van der Waals surface area contributed by atoms with E-state index >= 15 is 0 Å². The summed E-state index contributed by atoms with van der Waals surface area (Å²) in [5.74, 6) is -0.387. The van der Waals surface area contributed by atoms with Crippen molar-refractivity contribution in [1.82, 2.24) is 5.32 Å². The fraction of sp³-hybridized carbons (Fsp3) is 0. The molecule has 0 bridgehead atoms. The third-order valence-electron chi connectivity index (χ3n) is 1.15. The van der Waals surface area contributed by atoms with Crippen LogP contribution in [0.15, 0.2) is 24.3 Å². The summed E-state index contributed by atoms with van der Waals surface area (Å²) in [6.45, 7) is 0. The first kappa shape index (κ1) is 7.29. The third kappa shape index (κ3) is 1.80. The average molecular weight is 145 g/mol. The van der Waals surface area contributed by atoms with Crippen molar-refractivity contribution in [3.05, 3.63) is 35.9 Å². The van der Waals surface area contributed by atoms with Crippen LogP contribution in [0.1, 0.15) is 10.4 Å². The molecule has 0 aliphatic heterocycles. The van der Waals surface area contributed by atoms with Crippen molar-refractivity contribution in [3.8, 4) is 6.19 Å². The molecule has 0 aliphatic carbocycles. The SMILES string of the molecule is N#CNC(=O)c1cc[c]cc1. The molecule has 0 aliphatic rings. The van der Waals surface area contributed by atoms with E-state index in [9.17, 15) is 4.79 Å². The Kier molecular flexibility index (Phi) is 2.24. The monoisotopic (exact) mass is 145 g/mol. The van der Waals surface area contributed by atoms with E-state index in [0.717, 1.165) is 0 Å². The molecule has 0 spiro atoms. The molecular formula is C8H5N2O. The molecule has 1 rings (SSSR count). The Labute approximate surface area is 64.3 Å². The molecule has 0 aromatic heterocycles. The largest absolute Gasteiger partial charge is 0.268 e. The van der Waals surface area contributed by atoms with Gasteiger partial charge in [-0.2, -0.15) is 5.26 Å². The van der Waals surface area contributed by atoms with Crippen LogP contribution in [0.4, 0.5) is 0 Å². The number of carbonyl (C=O) groups excluding carboxylic acids is 1. The van der Waals surface area contributed by atoms with Crippen molar-refractivity contribution >= 4 is 5.91 Å². The van der Waals surface area contributed by atoms with Crippen LogP contribution in [0.2, 0.25) is 0 Å². The van der Waals surface area contributed by atoms with Crippen molar-refractivity contribution in [3.63, 3.8) is 0 Å². The Morgan fingerprint density at radius 3 is 2.73 bits per heavy atom. The lowest BCUT2D eigenvalue weighted by atomic mass is 10.2. The first-order chi connectivity index (χ1) is 5.34. The van der Waals surface area contributed by atoms with Crippen LogP contribution < -0.4 is 5.32 Å². The van der Waals surface area contributed by atoms with Gasteiger partial charge < -0.3 is 0 Å². The van der Waals surface area contributed by atoms with Gasteiger partial charge in [0, 0.05) is 5.56 Å². The molecule has 1 amide bonds. The van der Waals surface area contributed by atoms with Crippen LogP contribution >= 0.6 is 0 Å². The van der Waals surface area contributed by atoms with E-state index in [0.29, 0.717) is 5.56 Å². The van der Waals surface area contributed by atoms with E-state index in [1.54, 1.807) is 30.5 Å². The fourth-order valence-corrected chi connectivity index (χ4v) is 0.661. The first-order valence-electron chi connectivity index (χ1n) is 3.00. The van der Waals surface area contributed by atoms with Gasteiger partial charge in [-0.1, -0.05) is 12.1 Å². The summed E-state index contributed by atoms with van der Waals surface area (Å²) < 4.78 is 0. The van der Waals surface area contributed by atoms with Crippen LogP contribution in [0.25, 0.3) is 0 Å². The summed E-state index contributed by atoms with van der Waals surface area (Å²) >= 11 is 0. The van der Waals surface area contributed by atoms with E-state index in [1.165, 1.54) is 0 Å². The molecule has 3 nitrogen and oxygen atoms in total. The quantitative estimate of drug-likeness (QED) is 0.467. The summed E-state index contributed by atoms with van der Waals surface area (Å²) in [4.78, 5) is 10.9. The van der Waals surface area contributed by atoms with Crippen molar-refractivity contribution in [2.75, 3.05) is 0 Å². The van der Waals surface area contributed by atoms with Crippen molar-refractivity contribution in [2.45, 2.75) is 0 Å². The second-order valence-electron chi connectivity index (χ2n) is 1.85. The Balaban J connectivity index is 2.79. The van der Waals surface area contributed by atoms with Crippen LogP contribution in [-0.2, 0) is 0 Å². The maximum atomic E-state index is 10.9. The number of carbonyl (C=O) groups is 1. The lowest BCUT2D eigenvalue weighted by molar-refractivity contribution is 0.0973. The number of benzene rings is 1. The Morgan fingerprint density at radius 1 is 1.55 bits per heavy atom. The number of nitrogens with one attached hydrogen (secondary N) is 1. The third-order valence-corrected chi connectivity index (χ3v) is 1.15. The molecule has 0 unspecified atom stereocenters. The Bertz CT molecular complexity index is 287. The molecular weight excluding hydrogens is 140 g/mol. The van der Waals surface area contributed by atoms with E-state index in [2.05, 4.69) is 6.07 Å². The predicted octanol–water partition coefficient (Wildman–Crippen LogP) is 0.698. The molecule has 1 radical (unpaired) electrons. The lowest BCUT2D eigenvalue weighted by Gasteiger charge is -1.93. The molecule has 1 aromatic rings. The van der Waals surface area contributed by atoms with Gasteiger partial charge in [-0.15, -0.1) is 0 Å². The standard InChI is InChI=1S/C8H5N2O/c9-6-10-8(11)7-4-2-1-3-5-7/h2-5H,(H,10,11). The first-order valence-corrected chi connectivity index (χ1v) is 3.00. The van der Waals surface area contributed by atoms with Gasteiger partial charge in [-0.3, -0.25) is 10.1 Å². The van der Waals surface area contributed by atoms with Crippen LogP contribution in [0, 0.1) is 17.5 Å². The molecule has 1 N–H and O–H groups in total. The summed E-state index contributed by atoms with van der Waals surface area (Å²) in [7, 11) is 0. The minimum atomic E-state index is -0.387. The van der Waals surface area contributed by atoms with Crippen LogP contribution in [0.5, 0.6) is 0 Å². The minimum Gasteiger partial charge on any atom is -0.268 e. The van der Waals surface area contributed by atoms with Gasteiger partial charge in [0.1, 0.15) is 0 Å². The zero-order valence-corrected chi connectivity index (χ0v) is 5.66. The normalized spacial score (nSPS) is 8.27. The summed E-state index contributed by atoms with van der Waals surface area (Å²) in [5.41, 5.74) is 0.463. The van der Waals surface area contributed by atoms with Gasteiger partial charge in [0.2, 0.25) is 0 Å². The highest BCUT2D eigenvalue weighted by molar-refractivity contribution is 5.94. The van der Waals surface area contributed by atoms with E-state index < -0.39 is 0 Å². The highest BCUT2D eigenvalue weighted by Crippen LogP contribution is 1.95. The molecule has 11 heavy (non-hydrogen) atoms. The summed E-state index contributed by atoms with van der Waals surface area (Å²) in [6.07, 6.45) is 1.56. The van der Waals surface area contributed by atoms with Gasteiger partial charge >= 0.3 is 0 Å². The smallest absolute Gasteiger partial charge is 0.264 e. The minimum absolute atomic E-state index is 0.387. The number of hydrogen-bond acceptors (Lipinski definition) is 2. The molecule has 3 heteroatoms. The number of nitrogens with zero attached hydrogens (tertiary/aromatic N) is 1. The highest BCUT2D eigenvalue weighted by atomic mass is 16.1. The number of rotatable bonds is 1. The van der Waals surface area contributed by atoms with Gasteiger partial charge in [0.05, 0.1) is 0 Å². The Hall–Kier alpha value is -1.82.